The summed E-state index contributed by atoms with van der Waals surface area (Å²) >= 11 is 0. The van der Waals surface area contributed by atoms with E-state index in [1.807, 2.05) is 36.4 Å². The Morgan fingerprint density at radius 3 is 2.16 bits per heavy atom. The van der Waals surface area contributed by atoms with E-state index in [1.54, 1.807) is 19.1 Å². The number of rotatable bonds is 5. The van der Waals surface area contributed by atoms with Crippen molar-refractivity contribution in [2.75, 3.05) is 27.9 Å². The molecule has 2 aromatic rings. The maximum absolute atomic E-state index is 13.4. The van der Waals surface area contributed by atoms with E-state index in [9.17, 15) is 9.59 Å². The zero-order valence-corrected chi connectivity index (χ0v) is 19.2. The molecule has 0 saturated heterocycles. The molecule has 1 heterocycles. The lowest BCUT2D eigenvalue weighted by Gasteiger charge is -2.37. The van der Waals surface area contributed by atoms with E-state index < -0.39 is 6.04 Å². The van der Waals surface area contributed by atoms with Gasteiger partial charge in [0.25, 0.3) is 5.91 Å². The van der Waals surface area contributed by atoms with Crippen molar-refractivity contribution >= 4 is 11.9 Å². The molecule has 0 aromatic heterocycles. The predicted molar refractivity (Wildman–Crippen MR) is 119 cm³/mol. The second-order valence-electron chi connectivity index (χ2n) is 8.78. The van der Waals surface area contributed by atoms with Crippen LogP contribution in [0.4, 0.5) is 0 Å². The van der Waals surface area contributed by atoms with Crippen LogP contribution in [0.2, 0.25) is 0 Å². The second kappa shape index (κ2) is 9.00. The van der Waals surface area contributed by atoms with Gasteiger partial charge in [-0.15, -0.1) is 0 Å². The van der Waals surface area contributed by atoms with E-state index >= 15 is 0 Å². The summed E-state index contributed by atoms with van der Waals surface area (Å²) in [6.45, 7) is 6.92. The molecule has 0 saturated carbocycles. The first-order valence-corrected chi connectivity index (χ1v) is 10.4. The van der Waals surface area contributed by atoms with Crippen molar-refractivity contribution in [2.24, 2.45) is 0 Å². The lowest BCUT2D eigenvalue weighted by Crippen LogP contribution is -2.41. The fourth-order valence-corrected chi connectivity index (χ4v) is 4.01. The van der Waals surface area contributed by atoms with Crippen LogP contribution in [-0.4, -0.2) is 44.7 Å². The molecule has 0 spiro atoms. The second-order valence-corrected chi connectivity index (χ2v) is 8.78. The minimum atomic E-state index is -0.439. The highest BCUT2D eigenvalue weighted by molar-refractivity contribution is 5.95. The molecule has 166 valence electrons. The van der Waals surface area contributed by atoms with Crippen molar-refractivity contribution in [1.29, 1.82) is 0 Å². The molecule has 31 heavy (non-hydrogen) atoms. The Kier molecular flexibility index (Phi) is 6.58. The van der Waals surface area contributed by atoms with Crippen LogP contribution in [0.5, 0.6) is 11.5 Å². The van der Waals surface area contributed by atoms with Gasteiger partial charge in [-0.2, -0.15) is 0 Å². The van der Waals surface area contributed by atoms with Gasteiger partial charge in [0.2, 0.25) is 0 Å². The van der Waals surface area contributed by atoms with Gasteiger partial charge in [-0.3, -0.25) is 9.59 Å². The van der Waals surface area contributed by atoms with E-state index in [2.05, 4.69) is 20.8 Å². The zero-order chi connectivity index (χ0) is 22.8. The smallest absolute Gasteiger partial charge is 0.307 e. The highest BCUT2D eigenvalue weighted by Crippen LogP contribution is 2.40. The van der Waals surface area contributed by atoms with Gasteiger partial charge in [0.15, 0.2) is 11.5 Å². The van der Waals surface area contributed by atoms with Gasteiger partial charge < -0.3 is 19.1 Å². The quantitative estimate of drug-likeness (QED) is 0.668. The number of methoxy groups -OCH3 is 3. The molecule has 1 amide bonds. The monoisotopic (exact) mass is 425 g/mol. The molecule has 0 N–H and O–H groups in total. The van der Waals surface area contributed by atoms with Gasteiger partial charge >= 0.3 is 5.97 Å². The molecule has 6 heteroatoms. The number of nitrogens with zero attached hydrogens (tertiary/aromatic N) is 1. The third-order valence-electron chi connectivity index (χ3n) is 5.85. The predicted octanol–water partition coefficient (Wildman–Crippen LogP) is 4.30. The maximum Gasteiger partial charge on any atom is 0.307 e. The van der Waals surface area contributed by atoms with Crippen molar-refractivity contribution < 1.29 is 23.8 Å². The SMILES string of the molecule is COC(=O)CC1c2cc(OC)c(OC)cc2CCN1C(=O)c1ccc(C(C)(C)C)cc1. The van der Waals surface area contributed by atoms with Crippen LogP contribution in [0.15, 0.2) is 36.4 Å². The number of esters is 1. The highest BCUT2D eigenvalue weighted by Gasteiger charge is 2.34. The van der Waals surface area contributed by atoms with Crippen molar-refractivity contribution in [2.45, 2.75) is 45.1 Å². The zero-order valence-electron chi connectivity index (χ0n) is 19.2. The maximum atomic E-state index is 13.4. The Hall–Kier alpha value is -3.02. The lowest BCUT2D eigenvalue weighted by atomic mass is 9.86. The number of hydrogen-bond acceptors (Lipinski definition) is 5. The minimum absolute atomic E-state index is 0.00860. The molecule has 6 nitrogen and oxygen atoms in total. The molecule has 1 unspecified atom stereocenters. The van der Waals surface area contributed by atoms with Crippen molar-refractivity contribution in [3.05, 3.63) is 58.7 Å². The summed E-state index contributed by atoms with van der Waals surface area (Å²) in [6, 6.07) is 11.1. The molecule has 3 rings (SSSR count). The minimum Gasteiger partial charge on any atom is -0.493 e. The molecule has 1 aliphatic heterocycles. The van der Waals surface area contributed by atoms with Gasteiger partial charge in [0.05, 0.1) is 33.8 Å². The Morgan fingerprint density at radius 2 is 1.61 bits per heavy atom. The molecular weight excluding hydrogens is 394 g/mol. The van der Waals surface area contributed by atoms with Crippen molar-refractivity contribution in [3.63, 3.8) is 0 Å². The average Bonchev–Trinajstić information content (AvgIpc) is 2.77. The third-order valence-corrected chi connectivity index (χ3v) is 5.85. The van der Waals surface area contributed by atoms with Crippen LogP contribution < -0.4 is 9.47 Å². The molecule has 1 aliphatic rings. The lowest BCUT2D eigenvalue weighted by molar-refractivity contribution is -0.141. The summed E-state index contributed by atoms with van der Waals surface area (Å²) in [6.07, 6.45) is 0.740. The summed E-state index contributed by atoms with van der Waals surface area (Å²) in [7, 11) is 4.52. The fourth-order valence-electron chi connectivity index (χ4n) is 4.01. The number of fused-ring (bicyclic) bond motifs is 1. The normalized spacial score (nSPS) is 15.8. The first-order valence-electron chi connectivity index (χ1n) is 10.4. The Labute approximate surface area is 184 Å². The van der Waals surface area contributed by atoms with Crippen LogP contribution in [-0.2, 0) is 21.4 Å². The van der Waals surface area contributed by atoms with E-state index in [-0.39, 0.29) is 23.7 Å². The van der Waals surface area contributed by atoms with Crippen LogP contribution in [0, 0.1) is 0 Å². The first-order chi connectivity index (χ1) is 14.7. The largest absolute Gasteiger partial charge is 0.493 e. The number of benzene rings is 2. The molecule has 0 aliphatic carbocycles. The van der Waals surface area contributed by atoms with Crippen LogP contribution in [0.25, 0.3) is 0 Å². The molecule has 0 fully saturated rings. The molecular formula is C25H31NO5. The number of ether oxygens (including phenoxy) is 3. The molecule has 1 atom stereocenters. The van der Waals surface area contributed by atoms with E-state index in [0.717, 1.165) is 16.7 Å². The van der Waals surface area contributed by atoms with Crippen LogP contribution in [0.1, 0.15) is 60.3 Å². The van der Waals surface area contributed by atoms with E-state index in [1.165, 1.54) is 7.11 Å². The Morgan fingerprint density at radius 1 is 1.00 bits per heavy atom. The fraction of sp³-hybridized carbons (Fsp3) is 0.440. The standard InChI is InChI=1S/C25H31NO5/c1-25(2,3)18-9-7-16(8-10-18)24(28)26-12-11-17-13-21(29-4)22(30-5)14-19(17)20(26)15-23(27)31-6/h7-10,13-14,20H,11-12,15H2,1-6H3. The molecule has 0 bridgehead atoms. The van der Waals surface area contributed by atoms with Gasteiger partial charge in [0, 0.05) is 12.1 Å². The summed E-state index contributed by atoms with van der Waals surface area (Å²) in [5, 5.41) is 0. The van der Waals surface area contributed by atoms with Gasteiger partial charge in [-0.05, 0) is 52.8 Å². The first kappa shape index (κ1) is 22.7. The number of amides is 1. The van der Waals surface area contributed by atoms with Crippen LogP contribution in [0.3, 0.4) is 0 Å². The number of hydrogen-bond donors (Lipinski definition) is 0. The van der Waals surface area contributed by atoms with Gasteiger partial charge in [-0.1, -0.05) is 32.9 Å². The number of carbonyl (C=O) groups is 2. The van der Waals surface area contributed by atoms with Crippen molar-refractivity contribution in [3.8, 4) is 11.5 Å². The van der Waals surface area contributed by atoms with E-state index in [4.69, 9.17) is 14.2 Å². The van der Waals surface area contributed by atoms with Crippen LogP contribution >= 0.6 is 0 Å². The summed E-state index contributed by atoms with van der Waals surface area (Å²) < 4.78 is 15.8. The van der Waals surface area contributed by atoms with Gasteiger partial charge in [-0.25, -0.2) is 0 Å². The highest BCUT2D eigenvalue weighted by atomic mass is 16.5. The van der Waals surface area contributed by atoms with Crippen molar-refractivity contribution in [1.82, 2.24) is 4.90 Å². The average molecular weight is 426 g/mol. The summed E-state index contributed by atoms with van der Waals surface area (Å²) in [5.41, 5.74) is 3.70. The third kappa shape index (κ3) is 4.68. The summed E-state index contributed by atoms with van der Waals surface area (Å²) in [5.74, 6) is 0.735. The van der Waals surface area contributed by atoms with E-state index in [0.29, 0.717) is 30.0 Å². The summed E-state index contributed by atoms with van der Waals surface area (Å²) in [4.78, 5) is 27.4. The Balaban J connectivity index is 1.99. The topological polar surface area (TPSA) is 65.1 Å². The molecule has 0 radical (unpaired) electrons. The number of carbonyl (C=O) groups excluding carboxylic acids is 2. The Bertz CT molecular complexity index is 959. The van der Waals surface area contributed by atoms with Gasteiger partial charge in [0.1, 0.15) is 0 Å². The molecule has 2 aromatic carbocycles.